The van der Waals surface area contributed by atoms with Gasteiger partial charge in [0, 0.05) is 5.56 Å². The average molecular weight is 253 g/mol. The normalized spacial score (nSPS) is 11.5. The first-order valence-electron chi connectivity index (χ1n) is 5.00. The Morgan fingerprint density at radius 3 is 2.33 bits per heavy atom. The molecule has 0 unspecified atom stereocenters. The summed E-state index contributed by atoms with van der Waals surface area (Å²) in [5.41, 5.74) is -0.867. The molecule has 2 aromatic carbocycles. The number of hydrogen-bond acceptors (Lipinski definition) is 2. The Morgan fingerprint density at radius 1 is 1.00 bits per heavy atom. The van der Waals surface area contributed by atoms with E-state index in [-0.39, 0.29) is 16.9 Å². The largest absolute Gasteiger partial charge is 0.504 e. The molecule has 2 N–H and O–H groups in total. The maximum absolute atomic E-state index is 12.8. The van der Waals surface area contributed by atoms with Crippen molar-refractivity contribution in [3.63, 3.8) is 0 Å². The molecule has 0 amide bonds. The van der Waals surface area contributed by atoms with Crippen molar-refractivity contribution in [2.45, 2.75) is 6.18 Å². The predicted octanol–water partition coefficient (Wildman–Crippen LogP) is 3.58. The van der Waals surface area contributed by atoms with Crippen molar-refractivity contribution in [3.05, 3.63) is 48.0 Å². The van der Waals surface area contributed by atoms with Gasteiger partial charge in [-0.3, -0.25) is 0 Å². The van der Waals surface area contributed by atoms with E-state index in [0.717, 1.165) is 18.2 Å². The zero-order chi connectivity index (χ0) is 13.3. The third-order valence-corrected chi connectivity index (χ3v) is 2.43. The van der Waals surface area contributed by atoms with Crippen LogP contribution >= 0.6 is 0 Å². The van der Waals surface area contributed by atoms with E-state index in [0.29, 0.717) is 0 Å². The van der Waals surface area contributed by atoms with Gasteiger partial charge in [-0.2, -0.15) is 13.2 Å². The van der Waals surface area contributed by atoms with Crippen molar-refractivity contribution in [1.82, 2.24) is 0 Å². The van der Waals surface area contributed by atoms with Crippen molar-refractivity contribution in [1.29, 1.82) is 0 Å². The van der Waals surface area contributed by atoms with Gasteiger partial charge in [0.05, 0.1) is 5.56 Å². The summed E-state index contributed by atoms with van der Waals surface area (Å²) < 4.78 is 38.3. The molecule has 0 saturated carbocycles. The quantitative estimate of drug-likeness (QED) is 0.762. The van der Waals surface area contributed by atoms with Crippen LogP contribution in [0.4, 0.5) is 13.2 Å². The van der Waals surface area contributed by atoms with Crippen molar-refractivity contribution in [2.75, 3.05) is 0 Å². The lowest BCUT2D eigenvalue weighted by molar-refractivity contribution is -0.137. The minimum Gasteiger partial charge on any atom is -0.504 e. The lowest BCUT2D eigenvalue weighted by Crippen LogP contribution is -2.06. The standard InChI is InChI=1S/C13H8F3O2/c14-13(15,16)10-4-2-1-3-9(10)8-5-6-11(17)12(18)7-8/h1-2,4-7,17-18H. The van der Waals surface area contributed by atoms with Crippen LogP contribution in [0.3, 0.4) is 0 Å². The number of aromatic hydroxyl groups is 2. The molecule has 0 aliphatic carbocycles. The average Bonchev–Trinajstić information content (AvgIpc) is 2.32. The Labute approximate surface area is 101 Å². The molecule has 0 aliphatic rings. The highest BCUT2D eigenvalue weighted by molar-refractivity contribution is 5.70. The molecule has 1 radical (unpaired) electrons. The van der Waals surface area contributed by atoms with E-state index in [2.05, 4.69) is 6.07 Å². The third-order valence-electron chi connectivity index (χ3n) is 2.43. The van der Waals surface area contributed by atoms with E-state index in [9.17, 15) is 18.3 Å². The van der Waals surface area contributed by atoms with E-state index in [1.54, 1.807) is 0 Å². The Balaban J connectivity index is 2.61. The highest BCUT2D eigenvalue weighted by Gasteiger charge is 2.33. The van der Waals surface area contributed by atoms with Gasteiger partial charge >= 0.3 is 6.18 Å². The summed E-state index contributed by atoms with van der Waals surface area (Å²) in [5.74, 6) is -0.860. The second kappa shape index (κ2) is 4.25. The Kier molecular flexibility index (Phi) is 2.90. The van der Waals surface area contributed by atoms with Gasteiger partial charge in [-0.1, -0.05) is 18.2 Å². The summed E-state index contributed by atoms with van der Waals surface area (Å²) in [6.45, 7) is 0. The smallest absolute Gasteiger partial charge is 0.417 e. The predicted molar refractivity (Wildman–Crippen MR) is 59.0 cm³/mol. The zero-order valence-corrected chi connectivity index (χ0v) is 8.99. The summed E-state index contributed by atoms with van der Waals surface area (Å²) in [5, 5.41) is 18.4. The second-order valence-electron chi connectivity index (χ2n) is 3.66. The van der Waals surface area contributed by atoms with Crippen LogP contribution in [0.2, 0.25) is 0 Å². The minimum absolute atomic E-state index is 0.137. The third kappa shape index (κ3) is 2.25. The molecule has 0 saturated heterocycles. The van der Waals surface area contributed by atoms with Crippen LogP contribution in [-0.4, -0.2) is 10.2 Å². The monoisotopic (exact) mass is 253 g/mol. The SMILES string of the molecule is Oc1ccc(-c2[c]cccc2C(F)(F)F)cc1O. The molecule has 2 rings (SSSR count). The topological polar surface area (TPSA) is 40.5 Å². The Hall–Kier alpha value is -2.17. The van der Waals surface area contributed by atoms with Crippen molar-refractivity contribution < 1.29 is 23.4 Å². The van der Waals surface area contributed by atoms with Crippen LogP contribution in [0.25, 0.3) is 11.1 Å². The molecule has 18 heavy (non-hydrogen) atoms. The van der Waals surface area contributed by atoms with Gasteiger partial charge in [0.2, 0.25) is 0 Å². The van der Waals surface area contributed by atoms with Gasteiger partial charge in [0.15, 0.2) is 11.5 Å². The number of phenolic OH excluding ortho intramolecular Hbond substituents is 2. The molecule has 0 spiro atoms. The van der Waals surface area contributed by atoms with Gasteiger partial charge in [-0.15, -0.1) is 0 Å². The summed E-state index contributed by atoms with van der Waals surface area (Å²) in [7, 11) is 0. The summed E-state index contributed by atoms with van der Waals surface area (Å²) in [6, 6.07) is 9.52. The molecular weight excluding hydrogens is 245 g/mol. The molecule has 0 heterocycles. The van der Waals surface area contributed by atoms with Crippen LogP contribution in [-0.2, 0) is 6.18 Å². The first kappa shape index (κ1) is 12.3. The molecule has 0 fully saturated rings. The molecule has 93 valence electrons. The number of alkyl halides is 3. The van der Waals surface area contributed by atoms with Gasteiger partial charge in [-0.05, 0) is 29.8 Å². The summed E-state index contributed by atoms with van der Waals surface area (Å²) >= 11 is 0. The molecule has 2 aromatic rings. The van der Waals surface area contributed by atoms with E-state index in [1.165, 1.54) is 18.2 Å². The molecular formula is C13H8F3O2. The molecule has 0 atom stereocenters. The first-order valence-corrected chi connectivity index (χ1v) is 5.00. The molecule has 0 bridgehead atoms. The highest BCUT2D eigenvalue weighted by atomic mass is 19.4. The number of phenols is 2. The van der Waals surface area contributed by atoms with E-state index >= 15 is 0 Å². The van der Waals surface area contributed by atoms with Crippen molar-refractivity contribution in [3.8, 4) is 22.6 Å². The number of hydrogen-bond donors (Lipinski definition) is 2. The van der Waals surface area contributed by atoms with Crippen molar-refractivity contribution in [2.24, 2.45) is 0 Å². The fraction of sp³-hybridized carbons (Fsp3) is 0.0769. The Bertz CT molecular complexity index is 577. The lowest BCUT2D eigenvalue weighted by atomic mass is 9.99. The first-order chi connectivity index (χ1) is 8.39. The fourth-order valence-corrected chi connectivity index (χ4v) is 1.59. The van der Waals surface area contributed by atoms with E-state index < -0.39 is 17.5 Å². The Morgan fingerprint density at radius 2 is 1.72 bits per heavy atom. The number of benzene rings is 2. The molecule has 0 aromatic heterocycles. The minimum atomic E-state index is -4.50. The van der Waals surface area contributed by atoms with Crippen LogP contribution in [0.1, 0.15) is 5.56 Å². The molecule has 0 aliphatic heterocycles. The highest BCUT2D eigenvalue weighted by Crippen LogP contribution is 2.38. The van der Waals surface area contributed by atoms with Gasteiger partial charge in [0.25, 0.3) is 0 Å². The van der Waals surface area contributed by atoms with Gasteiger partial charge in [0.1, 0.15) is 0 Å². The fourth-order valence-electron chi connectivity index (χ4n) is 1.59. The van der Waals surface area contributed by atoms with Crippen molar-refractivity contribution >= 4 is 0 Å². The lowest BCUT2D eigenvalue weighted by Gasteiger charge is -2.12. The maximum Gasteiger partial charge on any atom is 0.417 e. The second-order valence-corrected chi connectivity index (χ2v) is 3.66. The van der Waals surface area contributed by atoms with Crippen LogP contribution in [0, 0.1) is 6.07 Å². The van der Waals surface area contributed by atoms with Crippen LogP contribution < -0.4 is 0 Å². The van der Waals surface area contributed by atoms with E-state index in [1.807, 2.05) is 0 Å². The summed E-state index contributed by atoms with van der Waals surface area (Å²) in [4.78, 5) is 0. The van der Waals surface area contributed by atoms with Crippen LogP contribution in [0.5, 0.6) is 11.5 Å². The molecule has 5 heteroatoms. The van der Waals surface area contributed by atoms with Gasteiger partial charge in [-0.25, -0.2) is 0 Å². The molecule has 2 nitrogen and oxygen atoms in total. The summed E-state index contributed by atoms with van der Waals surface area (Å²) in [6.07, 6.45) is -4.50. The number of halogens is 3. The van der Waals surface area contributed by atoms with Gasteiger partial charge < -0.3 is 10.2 Å². The number of rotatable bonds is 1. The van der Waals surface area contributed by atoms with E-state index in [4.69, 9.17) is 5.11 Å². The zero-order valence-electron chi connectivity index (χ0n) is 8.99. The maximum atomic E-state index is 12.8. The van der Waals surface area contributed by atoms with Crippen LogP contribution in [0.15, 0.2) is 36.4 Å².